The van der Waals surface area contributed by atoms with Crippen LogP contribution in [0.25, 0.3) is 0 Å². The number of benzene rings is 2. The van der Waals surface area contributed by atoms with Gasteiger partial charge in [-0.15, -0.1) is 0 Å². The number of piperazine rings is 1. The van der Waals surface area contributed by atoms with E-state index >= 15 is 0 Å². The molecule has 1 saturated heterocycles. The van der Waals surface area contributed by atoms with Crippen LogP contribution < -0.4 is 21.3 Å². The Morgan fingerprint density at radius 3 is 1.92 bits per heavy atom. The Kier molecular flexibility index (Phi) is 4.86. The monoisotopic (exact) mass is 325 g/mol. The minimum atomic E-state index is -0.271. The maximum absolute atomic E-state index is 12.0. The van der Waals surface area contributed by atoms with Crippen LogP contribution in [0, 0.1) is 0 Å². The molecule has 1 aliphatic rings. The normalized spacial score (nSPS) is 15.1. The molecule has 3 rings (SSSR count). The minimum absolute atomic E-state index is 0.271. The molecule has 0 saturated carbocycles. The van der Waals surface area contributed by atoms with E-state index in [1.54, 1.807) is 24.3 Å². The predicted octanol–water partition coefficient (Wildman–Crippen LogP) is 2.66. The van der Waals surface area contributed by atoms with Crippen molar-refractivity contribution in [3.05, 3.63) is 48.5 Å². The standard InChI is InChI=1S/C18H23N5O/c1-22-10-12-23(13-11-22)17-8-6-16(7-9-17)21-18(24)20-15-4-2-14(19)3-5-15/h2-9H,10-13,19H2,1H3,(H2,20,21,24). The molecule has 2 amide bonds. The van der Waals surface area contributed by atoms with Crippen LogP contribution in [-0.2, 0) is 0 Å². The number of nitrogens with zero attached hydrogens (tertiary/aromatic N) is 2. The molecule has 126 valence electrons. The number of hydrogen-bond acceptors (Lipinski definition) is 4. The number of nitrogen functional groups attached to an aromatic ring is 1. The summed E-state index contributed by atoms with van der Waals surface area (Å²) in [5, 5.41) is 5.61. The van der Waals surface area contributed by atoms with Gasteiger partial charge in [-0.3, -0.25) is 0 Å². The summed E-state index contributed by atoms with van der Waals surface area (Å²) in [6.45, 7) is 4.20. The number of hydrogen-bond donors (Lipinski definition) is 3. The number of nitrogens with one attached hydrogen (secondary N) is 2. The summed E-state index contributed by atoms with van der Waals surface area (Å²) in [6.07, 6.45) is 0. The predicted molar refractivity (Wildman–Crippen MR) is 99.6 cm³/mol. The van der Waals surface area contributed by atoms with Gasteiger partial charge in [-0.1, -0.05) is 0 Å². The molecule has 6 heteroatoms. The number of carbonyl (C=O) groups excluding carboxylic acids is 1. The molecule has 2 aromatic carbocycles. The molecular weight excluding hydrogens is 302 g/mol. The smallest absolute Gasteiger partial charge is 0.323 e. The Morgan fingerprint density at radius 2 is 1.38 bits per heavy atom. The van der Waals surface area contributed by atoms with E-state index in [2.05, 4.69) is 27.5 Å². The second-order valence-electron chi connectivity index (χ2n) is 6.04. The van der Waals surface area contributed by atoms with Gasteiger partial charge in [0, 0.05) is 48.9 Å². The van der Waals surface area contributed by atoms with Crippen LogP contribution in [0.15, 0.2) is 48.5 Å². The Labute approximate surface area is 142 Å². The van der Waals surface area contributed by atoms with Gasteiger partial charge in [-0.05, 0) is 55.6 Å². The van der Waals surface area contributed by atoms with Crippen molar-refractivity contribution in [3.8, 4) is 0 Å². The van der Waals surface area contributed by atoms with Gasteiger partial charge in [0.2, 0.25) is 0 Å². The van der Waals surface area contributed by atoms with E-state index < -0.39 is 0 Å². The summed E-state index contributed by atoms with van der Waals surface area (Å²) in [5.74, 6) is 0. The van der Waals surface area contributed by atoms with Crippen LogP contribution in [0.2, 0.25) is 0 Å². The van der Waals surface area contributed by atoms with Crippen molar-refractivity contribution in [1.82, 2.24) is 4.90 Å². The van der Waals surface area contributed by atoms with Crippen LogP contribution in [0.3, 0.4) is 0 Å². The summed E-state index contributed by atoms with van der Waals surface area (Å²) < 4.78 is 0. The van der Waals surface area contributed by atoms with Crippen molar-refractivity contribution in [2.75, 3.05) is 54.5 Å². The Bertz CT molecular complexity index is 676. The largest absolute Gasteiger partial charge is 0.399 e. The molecule has 0 aromatic heterocycles. The maximum atomic E-state index is 12.0. The third-order valence-electron chi connectivity index (χ3n) is 4.16. The number of carbonyl (C=O) groups is 1. The lowest BCUT2D eigenvalue weighted by atomic mass is 10.2. The molecule has 0 spiro atoms. The van der Waals surface area contributed by atoms with Gasteiger partial charge in [0.25, 0.3) is 0 Å². The van der Waals surface area contributed by atoms with E-state index in [9.17, 15) is 4.79 Å². The van der Waals surface area contributed by atoms with Crippen LogP contribution in [-0.4, -0.2) is 44.2 Å². The first-order chi connectivity index (χ1) is 11.6. The zero-order chi connectivity index (χ0) is 16.9. The van der Waals surface area contributed by atoms with Crippen molar-refractivity contribution in [3.63, 3.8) is 0 Å². The second-order valence-corrected chi connectivity index (χ2v) is 6.04. The van der Waals surface area contributed by atoms with E-state index in [4.69, 9.17) is 5.73 Å². The minimum Gasteiger partial charge on any atom is -0.399 e. The lowest BCUT2D eigenvalue weighted by Gasteiger charge is -2.34. The second kappa shape index (κ2) is 7.23. The van der Waals surface area contributed by atoms with Gasteiger partial charge >= 0.3 is 6.03 Å². The molecule has 4 N–H and O–H groups in total. The SMILES string of the molecule is CN1CCN(c2ccc(NC(=O)Nc3ccc(N)cc3)cc2)CC1. The number of likely N-dealkylation sites (N-methyl/N-ethyl adjacent to an activating group) is 1. The first-order valence-electron chi connectivity index (χ1n) is 8.07. The first kappa shape index (κ1) is 16.1. The highest BCUT2D eigenvalue weighted by atomic mass is 16.2. The van der Waals surface area contributed by atoms with E-state index in [0.717, 1.165) is 31.9 Å². The van der Waals surface area contributed by atoms with Gasteiger partial charge in [0.1, 0.15) is 0 Å². The summed E-state index contributed by atoms with van der Waals surface area (Å²) in [6, 6.07) is 14.7. The fourth-order valence-corrected chi connectivity index (χ4v) is 2.68. The number of amides is 2. The van der Waals surface area contributed by atoms with E-state index in [0.29, 0.717) is 11.4 Å². The number of rotatable bonds is 3. The van der Waals surface area contributed by atoms with Gasteiger partial charge in [0.05, 0.1) is 0 Å². The molecule has 0 radical (unpaired) electrons. The summed E-state index contributed by atoms with van der Waals surface area (Å²) in [4.78, 5) is 16.7. The number of nitrogens with two attached hydrogens (primary N) is 1. The molecule has 0 atom stereocenters. The van der Waals surface area contributed by atoms with Gasteiger partial charge in [0.15, 0.2) is 0 Å². The number of anilines is 4. The molecule has 2 aromatic rings. The summed E-state index contributed by atoms with van der Waals surface area (Å²) in [5.41, 5.74) is 8.95. The van der Waals surface area contributed by atoms with Gasteiger partial charge in [-0.2, -0.15) is 0 Å². The highest BCUT2D eigenvalue weighted by molar-refractivity contribution is 5.99. The fraction of sp³-hybridized carbons (Fsp3) is 0.278. The molecule has 1 heterocycles. The summed E-state index contributed by atoms with van der Waals surface area (Å²) >= 11 is 0. The Morgan fingerprint density at radius 1 is 0.875 bits per heavy atom. The lowest BCUT2D eigenvalue weighted by molar-refractivity contribution is 0.262. The van der Waals surface area contributed by atoms with E-state index in [1.165, 1.54) is 5.69 Å². The number of urea groups is 1. The molecule has 24 heavy (non-hydrogen) atoms. The van der Waals surface area contributed by atoms with Crippen molar-refractivity contribution in [1.29, 1.82) is 0 Å². The van der Waals surface area contributed by atoms with Crippen molar-refractivity contribution < 1.29 is 4.79 Å². The maximum Gasteiger partial charge on any atom is 0.323 e. The molecule has 1 aliphatic heterocycles. The average molecular weight is 325 g/mol. The fourth-order valence-electron chi connectivity index (χ4n) is 2.68. The highest BCUT2D eigenvalue weighted by Gasteiger charge is 2.14. The van der Waals surface area contributed by atoms with Gasteiger partial charge < -0.3 is 26.2 Å². The molecule has 0 aliphatic carbocycles. The summed E-state index contributed by atoms with van der Waals surface area (Å²) in [7, 11) is 2.14. The highest BCUT2D eigenvalue weighted by Crippen LogP contribution is 2.19. The van der Waals surface area contributed by atoms with Crippen LogP contribution in [0.5, 0.6) is 0 Å². The third-order valence-corrected chi connectivity index (χ3v) is 4.16. The Balaban J connectivity index is 1.55. The van der Waals surface area contributed by atoms with Crippen molar-refractivity contribution in [2.24, 2.45) is 0 Å². The molecule has 0 unspecified atom stereocenters. The van der Waals surface area contributed by atoms with Crippen LogP contribution in [0.1, 0.15) is 0 Å². The van der Waals surface area contributed by atoms with Crippen molar-refractivity contribution >= 4 is 28.8 Å². The van der Waals surface area contributed by atoms with Crippen LogP contribution >= 0.6 is 0 Å². The molecule has 6 nitrogen and oxygen atoms in total. The van der Waals surface area contributed by atoms with E-state index in [1.807, 2.05) is 24.3 Å². The first-order valence-corrected chi connectivity index (χ1v) is 8.07. The van der Waals surface area contributed by atoms with Crippen LogP contribution in [0.4, 0.5) is 27.5 Å². The zero-order valence-corrected chi connectivity index (χ0v) is 13.8. The van der Waals surface area contributed by atoms with Crippen molar-refractivity contribution in [2.45, 2.75) is 0 Å². The third kappa shape index (κ3) is 4.17. The molecule has 1 fully saturated rings. The Hall–Kier alpha value is -2.73. The zero-order valence-electron chi connectivity index (χ0n) is 13.8. The van der Waals surface area contributed by atoms with E-state index in [-0.39, 0.29) is 6.03 Å². The quantitative estimate of drug-likeness (QED) is 0.759. The topological polar surface area (TPSA) is 73.6 Å². The lowest BCUT2D eigenvalue weighted by Crippen LogP contribution is -2.44. The average Bonchev–Trinajstić information content (AvgIpc) is 2.58. The molecular formula is C18H23N5O. The van der Waals surface area contributed by atoms with Gasteiger partial charge in [-0.25, -0.2) is 4.79 Å². The molecule has 0 bridgehead atoms.